The van der Waals surface area contributed by atoms with E-state index in [1.807, 2.05) is 48.1 Å². The summed E-state index contributed by atoms with van der Waals surface area (Å²) in [4.78, 5) is 18.4. The Bertz CT molecular complexity index is 1290. The highest BCUT2D eigenvalue weighted by Gasteiger charge is 2.19. The SMILES string of the molecule is CCC(C)c1ccc(C(CC)NC(=O)c2cc(-c3cnn(CC)c3C)nc3ccccc23)cc1. The first-order valence-electron chi connectivity index (χ1n) is 12.3. The molecular formula is C29H34N4O. The second kappa shape index (κ2) is 10.2. The first kappa shape index (κ1) is 23.7. The van der Waals surface area contributed by atoms with Gasteiger partial charge in [-0.2, -0.15) is 5.10 Å². The van der Waals surface area contributed by atoms with Gasteiger partial charge < -0.3 is 5.32 Å². The van der Waals surface area contributed by atoms with Gasteiger partial charge in [-0.3, -0.25) is 9.48 Å². The fraction of sp³-hybridized carbons (Fsp3) is 0.345. The highest BCUT2D eigenvalue weighted by molar-refractivity contribution is 6.07. The maximum atomic E-state index is 13.6. The number of para-hydroxylation sites is 1. The smallest absolute Gasteiger partial charge is 0.252 e. The molecule has 0 saturated carbocycles. The molecule has 1 N–H and O–H groups in total. The van der Waals surface area contributed by atoms with E-state index in [-0.39, 0.29) is 11.9 Å². The number of benzene rings is 2. The number of pyridine rings is 1. The maximum absolute atomic E-state index is 13.6. The third-order valence-corrected chi connectivity index (χ3v) is 6.87. The molecule has 2 aromatic carbocycles. The van der Waals surface area contributed by atoms with Gasteiger partial charge >= 0.3 is 0 Å². The lowest BCUT2D eigenvalue weighted by Gasteiger charge is -2.19. The number of hydrogen-bond acceptors (Lipinski definition) is 3. The van der Waals surface area contributed by atoms with Crippen molar-refractivity contribution in [3.8, 4) is 11.3 Å². The molecule has 0 aliphatic rings. The van der Waals surface area contributed by atoms with E-state index >= 15 is 0 Å². The van der Waals surface area contributed by atoms with Crippen molar-refractivity contribution in [1.82, 2.24) is 20.1 Å². The summed E-state index contributed by atoms with van der Waals surface area (Å²) < 4.78 is 1.95. The summed E-state index contributed by atoms with van der Waals surface area (Å²) in [6.07, 6.45) is 3.76. The molecule has 4 aromatic rings. The average molecular weight is 455 g/mol. The Morgan fingerprint density at radius 1 is 1.00 bits per heavy atom. The van der Waals surface area contributed by atoms with Crippen LogP contribution in [0.4, 0.5) is 0 Å². The quantitative estimate of drug-likeness (QED) is 0.318. The van der Waals surface area contributed by atoms with Gasteiger partial charge in [-0.25, -0.2) is 4.98 Å². The van der Waals surface area contributed by atoms with Crippen molar-refractivity contribution in [2.45, 2.75) is 66.0 Å². The first-order chi connectivity index (χ1) is 16.5. The van der Waals surface area contributed by atoms with Gasteiger partial charge in [0, 0.05) is 23.2 Å². The molecule has 2 unspecified atom stereocenters. The lowest BCUT2D eigenvalue weighted by Crippen LogP contribution is -2.28. The highest BCUT2D eigenvalue weighted by atomic mass is 16.1. The topological polar surface area (TPSA) is 59.8 Å². The number of amides is 1. The average Bonchev–Trinajstić information content (AvgIpc) is 3.26. The molecule has 5 heteroatoms. The van der Waals surface area contributed by atoms with Crippen LogP contribution in [-0.2, 0) is 6.54 Å². The van der Waals surface area contributed by atoms with E-state index in [0.717, 1.165) is 52.8 Å². The number of nitrogens with zero attached hydrogens (tertiary/aromatic N) is 3. The van der Waals surface area contributed by atoms with Crippen LogP contribution in [0.5, 0.6) is 0 Å². The van der Waals surface area contributed by atoms with Crippen molar-refractivity contribution < 1.29 is 4.79 Å². The van der Waals surface area contributed by atoms with E-state index in [2.05, 4.69) is 62.4 Å². The number of carbonyl (C=O) groups is 1. The predicted molar refractivity (Wildman–Crippen MR) is 139 cm³/mol. The minimum absolute atomic E-state index is 0.0570. The number of rotatable bonds is 8. The van der Waals surface area contributed by atoms with Crippen LogP contribution in [-0.4, -0.2) is 20.7 Å². The summed E-state index contributed by atoms with van der Waals surface area (Å²) in [5, 5.41) is 8.60. The summed E-state index contributed by atoms with van der Waals surface area (Å²) in [7, 11) is 0. The van der Waals surface area contributed by atoms with Gasteiger partial charge in [0.1, 0.15) is 0 Å². The Balaban J connectivity index is 1.69. The Kier molecular flexibility index (Phi) is 7.11. The van der Waals surface area contributed by atoms with Crippen LogP contribution < -0.4 is 5.32 Å². The summed E-state index contributed by atoms with van der Waals surface area (Å²) in [5.74, 6) is 0.448. The molecule has 0 spiro atoms. The van der Waals surface area contributed by atoms with E-state index in [1.54, 1.807) is 0 Å². The molecule has 0 radical (unpaired) electrons. The third-order valence-electron chi connectivity index (χ3n) is 6.87. The van der Waals surface area contributed by atoms with E-state index in [9.17, 15) is 4.79 Å². The molecule has 5 nitrogen and oxygen atoms in total. The van der Waals surface area contributed by atoms with Crippen molar-refractivity contribution in [3.63, 3.8) is 0 Å². The minimum Gasteiger partial charge on any atom is -0.345 e. The van der Waals surface area contributed by atoms with E-state index in [4.69, 9.17) is 4.98 Å². The lowest BCUT2D eigenvalue weighted by molar-refractivity contribution is 0.0937. The van der Waals surface area contributed by atoms with Crippen LogP contribution in [0.1, 0.15) is 79.7 Å². The Morgan fingerprint density at radius 2 is 1.71 bits per heavy atom. The predicted octanol–water partition coefficient (Wildman–Crippen LogP) is 6.82. The third kappa shape index (κ3) is 4.60. The molecule has 0 aliphatic heterocycles. The van der Waals surface area contributed by atoms with Crippen LogP contribution >= 0.6 is 0 Å². The van der Waals surface area contributed by atoms with Gasteiger partial charge in [0.2, 0.25) is 0 Å². The monoisotopic (exact) mass is 454 g/mol. The second-order valence-corrected chi connectivity index (χ2v) is 8.94. The van der Waals surface area contributed by atoms with Gasteiger partial charge in [-0.15, -0.1) is 0 Å². The molecule has 0 fully saturated rings. The Morgan fingerprint density at radius 3 is 2.35 bits per heavy atom. The molecule has 176 valence electrons. The van der Waals surface area contributed by atoms with Crippen LogP contribution in [0.3, 0.4) is 0 Å². The summed E-state index contributed by atoms with van der Waals surface area (Å²) in [6.45, 7) is 11.4. The summed E-state index contributed by atoms with van der Waals surface area (Å²) >= 11 is 0. The molecule has 2 aromatic heterocycles. The second-order valence-electron chi connectivity index (χ2n) is 8.94. The van der Waals surface area contributed by atoms with E-state index in [0.29, 0.717) is 11.5 Å². The molecule has 34 heavy (non-hydrogen) atoms. The van der Waals surface area contributed by atoms with Crippen molar-refractivity contribution in [3.05, 3.63) is 83.2 Å². The zero-order chi connectivity index (χ0) is 24.2. The van der Waals surface area contributed by atoms with Gasteiger partial charge in [-0.05, 0) is 55.9 Å². The van der Waals surface area contributed by atoms with E-state index in [1.165, 1.54) is 5.56 Å². The fourth-order valence-electron chi connectivity index (χ4n) is 4.47. The standard InChI is InChI=1S/C29H34N4O/c1-6-19(4)21-13-15-22(16-14-21)26(7-2)32-29(34)24-17-28(25-18-30-33(8-3)20(25)5)31-27-12-10-9-11-23(24)27/h9-19,26H,6-8H2,1-5H3,(H,32,34). The zero-order valence-corrected chi connectivity index (χ0v) is 20.8. The molecular weight excluding hydrogens is 420 g/mol. The van der Waals surface area contributed by atoms with Crippen molar-refractivity contribution in [1.29, 1.82) is 0 Å². The summed E-state index contributed by atoms with van der Waals surface area (Å²) in [6, 6.07) is 18.3. The number of hydrogen-bond donors (Lipinski definition) is 1. The zero-order valence-electron chi connectivity index (χ0n) is 20.8. The molecule has 0 aliphatic carbocycles. The molecule has 4 rings (SSSR count). The highest BCUT2D eigenvalue weighted by Crippen LogP contribution is 2.28. The molecule has 1 amide bonds. The molecule has 0 saturated heterocycles. The van der Waals surface area contributed by atoms with Crippen molar-refractivity contribution >= 4 is 16.8 Å². The number of nitrogens with one attached hydrogen (secondary N) is 1. The number of aryl methyl sites for hydroxylation is 1. The van der Waals surface area contributed by atoms with Gasteiger partial charge in [0.05, 0.1) is 29.0 Å². The van der Waals surface area contributed by atoms with E-state index < -0.39 is 0 Å². The van der Waals surface area contributed by atoms with Crippen LogP contribution in [0.25, 0.3) is 22.2 Å². The molecule has 2 atom stereocenters. The van der Waals surface area contributed by atoms with Crippen molar-refractivity contribution in [2.75, 3.05) is 0 Å². The normalized spacial score (nSPS) is 13.1. The molecule has 2 heterocycles. The van der Waals surface area contributed by atoms with Gasteiger partial charge in [0.25, 0.3) is 5.91 Å². The number of carbonyl (C=O) groups excluding carboxylic acids is 1. The van der Waals surface area contributed by atoms with Crippen LogP contribution in [0, 0.1) is 6.92 Å². The van der Waals surface area contributed by atoms with Crippen LogP contribution in [0.15, 0.2) is 60.8 Å². The minimum atomic E-state index is -0.0850. The van der Waals surface area contributed by atoms with Gasteiger partial charge in [0.15, 0.2) is 0 Å². The first-order valence-corrected chi connectivity index (χ1v) is 12.3. The van der Waals surface area contributed by atoms with Gasteiger partial charge in [-0.1, -0.05) is 63.2 Å². The maximum Gasteiger partial charge on any atom is 0.252 e. The largest absolute Gasteiger partial charge is 0.345 e. The Hall–Kier alpha value is -3.47. The Labute approximate surface area is 202 Å². The lowest BCUT2D eigenvalue weighted by atomic mass is 9.95. The fourth-order valence-corrected chi connectivity index (χ4v) is 4.47. The summed E-state index contributed by atoms with van der Waals surface area (Å²) in [5.41, 5.74) is 6.67. The van der Waals surface area contributed by atoms with Crippen molar-refractivity contribution in [2.24, 2.45) is 0 Å². The molecule has 0 bridgehead atoms. The number of aromatic nitrogens is 3. The van der Waals surface area contributed by atoms with Crippen LogP contribution in [0.2, 0.25) is 0 Å². The number of fused-ring (bicyclic) bond motifs is 1.